The molecular weight excluding hydrogens is 360 g/mol. The van der Waals surface area contributed by atoms with E-state index in [9.17, 15) is 9.59 Å². The second-order valence-corrected chi connectivity index (χ2v) is 7.35. The zero-order valence-corrected chi connectivity index (χ0v) is 16.4. The highest BCUT2D eigenvalue weighted by Crippen LogP contribution is 2.20. The summed E-state index contributed by atoms with van der Waals surface area (Å²) in [6.45, 7) is 5.92. The summed E-state index contributed by atoms with van der Waals surface area (Å²) in [7, 11) is 0. The average molecular weight is 382 g/mol. The lowest BCUT2D eigenvalue weighted by Crippen LogP contribution is -2.33. The van der Waals surface area contributed by atoms with Gasteiger partial charge in [0.15, 0.2) is 5.16 Å². The van der Waals surface area contributed by atoms with E-state index in [1.54, 1.807) is 24.4 Å². The lowest BCUT2D eigenvalue weighted by Gasteiger charge is -2.14. The molecule has 0 fully saturated rings. The van der Waals surface area contributed by atoms with Crippen molar-refractivity contribution in [3.63, 3.8) is 0 Å². The number of nitrogens with one attached hydrogen (secondary N) is 1. The van der Waals surface area contributed by atoms with E-state index in [1.165, 1.54) is 16.3 Å². The van der Waals surface area contributed by atoms with Crippen LogP contribution in [0.4, 0.5) is 0 Å². The molecule has 0 radical (unpaired) electrons. The van der Waals surface area contributed by atoms with Crippen LogP contribution < -0.4 is 10.9 Å². The second-order valence-electron chi connectivity index (χ2n) is 6.41. The lowest BCUT2D eigenvalue weighted by atomic mass is 10.2. The van der Waals surface area contributed by atoms with E-state index in [2.05, 4.69) is 15.3 Å². The third kappa shape index (κ3) is 4.36. The Hall–Kier alpha value is -2.67. The van der Waals surface area contributed by atoms with Gasteiger partial charge in [0.1, 0.15) is 5.82 Å². The number of para-hydroxylation sites is 1. The van der Waals surface area contributed by atoms with E-state index >= 15 is 0 Å². The van der Waals surface area contributed by atoms with E-state index in [-0.39, 0.29) is 23.3 Å². The summed E-state index contributed by atoms with van der Waals surface area (Å²) in [6, 6.07) is 11.0. The maximum absolute atomic E-state index is 13.1. The average Bonchev–Trinajstić information content (AvgIpc) is 2.67. The van der Waals surface area contributed by atoms with Gasteiger partial charge in [0.2, 0.25) is 5.91 Å². The zero-order chi connectivity index (χ0) is 19.4. The maximum atomic E-state index is 13.1. The number of nitrogens with zero attached hydrogens (tertiary/aromatic N) is 3. The van der Waals surface area contributed by atoms with Crippen molar-refractivity contribution in [2.45, 2.75) is 38.4 Å². The number of aromatic nitrogens is 3. The molecular formula is C20H22N4O2S. The molecule has 6 nitrogen and oxygen atoms in total. The Bertz CT molecular complexity index is 1010. The molecule has 3 aromatic rings. The predicted octanol–water partition coefficient (Wildman–Crippen LogP) is 3.10. The molecule has 7 heteroatoms. The van der Waals surface area contributed by atoms with Crippen molar-refractivity contribution in [1.29, 1.82) is 0 Å². The van der Waals surface area contributed by atoms with Crippen molar-refractivity contribution in [3.8, 4) is 5.82 Å². The minimum absolute atomic E-state index is 0.0832. The van der Waals surface area contributed by atoms with Crippen molar-refractivity contribution in [2.75, 3.05) is 5.75 Å². The fourth-order valence-electron chi connectivity index (χ4n) is 2.55. The molecule has 2 aromatic heterocycles. The Morgan fingerprint density at radius 3 is 2.74 bits per heavy atom. The molecule has 1 N–H and O–H groups in total. The molecule has 0 saturated carbocycles. The number of fused-ring (bicyclic) bond motifs is 1. The molecule has 0 aliphatic rings. The highest BCUT2D eigenvalue weighted by Gasteiger charge is 2.16. The molecule has 3 rings (SSSR count). The first kappa shape index (κ1) is 19.1. The second kappa shape index (κ2) is 8.35. The molecule has 0 bridgehead atoms. The summed E-state index contributed by atoms with van der Waals surface area (Å²) < 4.78 is 1.48. The maximum Gasteiger partial charge on any atom is 0.267 e. The van der Waals surface area contributed by atoms with Gasteiger partial charge in [-0.3, -0.25) is 9.59 Å². The van der Waals surface area contributed by atoms with Gasteiger partial charge in [-0.2, -0.15) is 0 Å². The van der Waals surface area contributed by atoms with Crippen LogP contribution in [0.25, 0.3) is 16.7 Å². The summed E-state index contributed by atoms with van der Waals surface area (Å²) in [4.78, 5) is 34.2. The lowest BCUT2D eigenvalue weighted by molar-refractivity contribution is -0.119. The highest BCUT2D eigenvalue weighted by molar-refractivity contribution is 7.99. The Balaban J connectivity index is 2.02. The normalized spacial score (nSPS) is 12.1. The molecule has 0 spiro atoms. The van der Waals surface area contributed by atoms with E-state index in [0.29, 0.717) is 21.9 Å². The van der Waals surface area contributed by atoms with Gasteiger partial charge < -0.3 is 5.32 Å². The van der Waals surface area contributed by atoms with Gasteiger partial charge in [-0.15, -0.1) is 0 Å². The van der Waals surface area contributed by atoms with Crippen LogP contribution in [-0.2, 0) is 4.79 Å². The van der Waals surface area contributed by atoms with E-state index < -0.39 is 0 Å². The number of hydrogen-bond donors (Lipinski definition) is 1. The molecule has 1 unspecified atom stereocenters. The van der Waals surface area contributed by atoms with Gasteiger partial charge in [0.05, 0.1) is 16.7 Å². The zero-order valence-electron chi connectivity index (χ0n) is 15.6. The third-order valence-corrected chi connectivity index (χ3v) is 5.16. The van der Waals surface area contributed by atoms with Crippen molar-refractivity contribution in [1.82, 2.24) is 19.9 Å². The summed E-state index contributed by atoms with van der Waals surface area (Å²) in [5, 5.41) is 3.90. The number of carbonyl (C=O) groups is 1. The van der Waals surface area contributed by atoms with Gasteiger partial charge in [-0.05, 0) is 44.0 Å². The molecule has 1 atom stereocenters. The fraction of sp³-hybridized carbons (Fsp3) is 0.300. The SMILES string of the molecule is CCC(C)NC(=O)CSc1nc2ccccc2c(=O)n1-c1ccc(C)cn1. The number of rotatable bonds is 6. The van der Waals surface area contributed by atoms with Gasteiger partial charge >= 0.3 is 0 Å². The summed E-state index contributed by atoms with van der Waals surface area (Å²) in [5.74, 6) is 0.593. The molecule has 27 heavy (non-hydrogen) atoms. The van der Waals surface area contributed by atoms with Crippen molar-refractivity contribution in [2.24, 2.45) is 0 Å². The van der Waals surface area contributed by atoms with E-state index in [4.69, 9.17) is 0 Å². The number of pyridine rings is 1. The molecule has 0 aliphatic carbocycles. The number of hydrogen-bond acceptors (Lipinski definition) is 5. The molecule has 0 aliphatic heterocycles. The number of benzene rings is 1. The quantitative estimate of drug-likeness (QED) is 0.524. The van der Waals surface area contributed by atoms with Crippen LogP contribution in [0.15, 0.2) is 52.5 Å². The Kier molecular flexibility index (Phi) is 5.91. The summed E-state index contributed by atoms with van der Waals surface area (Å²) in [6.07, 6.45) is 2.57. The first-order valence-electron chi connectivity index (χ1n) is 8.86. The van der Waals surface area contributed by atoms with E-state index in [0.717, 1.165) is 12.0 Å². The van der Waals surface area contributed by atoms with Crippen molar-refractivity contribution < 1.29 is 4.79 Å². The number of thioether (sulfide) groups is 1. The van der Waals surface area contributed by atoms with Crippen LogP contribution in [-0.4, -0.2) is 32.2 Å². The molecule has 1 amide bonds. The molecule has 2 heterocycles. The van der Waals surface area contributed by atoms with Crippen LogP contribution in [0.2, 0.25) is 0 Å². The monoisotopic (exact) mass is 382 g/mol. The number of aryl methyl sites for hydroxylation is 1. The molecule has 1 aromatic carbocycles. The van der Waals surface area contributed by atoms with Gasteiger partial charge in [0, 0.05) is 12.2 Å². The standard InChI is InChI=1S/C20H22N4O2S/c1-4-14(3)22-18(25)12-27-20-23-16-8-6-5-7-15(16)19(26)24(20)17-10-9-13(2)11-21-17/h5-11,14H,4,12H2,1-3H3,(H,22,25). The molecule has 140 valence electrons. The first-order chi connectivity index (χ1) is 13.0. The van der Waals surface area contributed by atoms with Crippen LogP contribution in [0.1, 0.15) is 25.8 Å². The van der Waals surface area contributed by atoms with Crippen molar-refractivity contribution in [3.05, 3.63) is 58.5 Å². The Labute approximate surface area is 162 Å². The van der Waals surface area contributed by atoms with E-state index in [1.807, 2.05) is 39.0 Å². The predicted molar refractivity (Wildman–Crippen MR) is 108 cm³/mol. The number of carbonyl (C=O) groups excluding carboxylic acids is 1. The minimum Gasteiger partial charge on any atom is -0.353 e. The summed E-state index contributed by atoms with van der Waals surface area (Å²) >= 11 is 1.24. The van der Waals surface area contributed by atoms with Crippen LogP contribution in [0.3, 0.4) is 0 Å². The number of amides is 1. The van der Waals surface area contributed by atoms with Gasteiger partial charge in [0.25, 0.3) is 5.56 Å². The van der Waals surface area contributed by atoms with Crippen LogP contribution in [0, 0.1) is 6.92 Å². The Morgan fingerprint density at radius 1 is 1.26 bits per heavy atom. The van der Waals surface area contributed by atoms with Crippen molar-refractivity contribution >= 4 is 28.6 Å². The van der Waals surface area contributed by atoms with Gasteiger partial charge in [-0.25, -0.2) is 14.5 Å². The highest BCUT2D eigenvalue weighted by atomic mass is 32.2. The first-order valence-corrected chi connectivity index (χ1v) is 9.85. The van der Waals surface area contributed by atoms with Crippen LogP contribution in [0.5, 0.6) is 0 Å². The molecule has 0 saturated heterocycles. The fourth-order valence-corrected chi connectivity index (χ4v) is 3.36. The largest absolute Gasteiger partial charge is 0.353 e. The van der Waals surface area contributed by atoms with Crippen LogP contribution >= 0.6 is 11.8 Å². The topological polar surface area (TPSA) is 76.9 Å². The van der Waals surface area contributed by atoms with Gasteiger partial charge in [-0.1, -0.05) is 36.9 Å². The Morgan fingerprint density at radius 2 is 2.04 bits per heavy atom. The minimum atomic E-state index is -0.193. The third-order valence-electron chi connectivity index (χ3n) is 4.22. The summed E-state index contributed by atoms with van der Waals surface area (Å²) in [5.41, 5.74) is 1.42. The smallest absolute Gasteiger partial charge is 0.267 e.